The van der Waals surface area contributed by atoms with Crippen molar-refractivity contribution >= 4 is 0 Å². The SMILES string of the molecule is CC.CN(C)CC(OCCO)C(C)(C)OCCO. The Labute approximate surface area is 112 Å². The highest BCUT2D eigenvalue weighted by atomic mass is 16.6. The fourth-order valence-electron chi connectivity index (χ4n) is 1.40. The number of aliphatic hydroxyl groups is 2. The first kappa shape index (κ1) is 20.1. The van der Waals surface area contributed by atoms with Crippen LogP contribution in [0, 0.1) is 0 Å². The van der Waals surface area contributed by atoms with Crippen molar-refractivity contribution in [3.63, 3.8) is 0 Å². The van der Waals surface area contributed by atoms with E-state index in [1.807, 2.05) is 46.7 Å². The van der Waals surface area contributed by atoms with E-state index in [2.05, 4.69) is 0 Å². The molecule has 5 nitrogen and oxygen atoms in total. The molecule has 112 valence electrons. The third-order valence-electron chi connectivity index (χ3n) is 2.28. The highest BCUT2D eigenvalue weighted by Crippen LogP contribution is 2.18. The van der Waals surface area contributed by atoms with Crippen LogP contribution >= 0.6 is 0 Å². The van der Waals surface area contributed by atoms with Crippen LogP contribution in [0.5, 0.6) is 0 Å². The van der Waals surface area contributed by atoms with Crippen molar-refractivity contribution in [3.05, 3.63) is 0 Å². The van der Waals surface area contributed by atoms with E-state index in [1.165, 1.54) is 0 Å². The van der Waals surface area contributed by atoms with Gasteiger partial charge in [-0.2, -0.15) is 0 Å². The molecule has 0 saturated heterocycles. The Balaban J connectivity index is 0. The van der Waals surface area contributed by atoms with Crippen LogP contribution in [0.1, 0.15) is 27.7 Å². The van der Waals surface area contributed by atoms with Crippen molar-refractivity contribution < 1.29 is 19.7 Å². The predicted molar refractivity (Wildman–Crippen MR) is 73.8 cm³/mol. The molecule has 0 aliphatic carbocycles. The monoisotopic (exact) mass is 265 g/mol. The van der Waals surface area contributed by atoms with Gasteiger partial charge < -0.3 is 24.6 Å². The third kappa shape index (κ3) is 9.79. The fraction of sp³-hybridized carbons (Fsp3) is 1.00. The van der Waals surface area contributed by atoms with Gasteiger partial charge in [-0.15, -0.1) is 0 Å². The van der Waals surface area contributed by atoms with E-state index in [9.17, 15) is 0 Å². The van der Waals surface area contributed by atoms with Crippen molar-refractivity contribution in [2.75, 3.05) is 47.1 Å². The molecule has 5 heteroatoms. The summed E-state index contributed by atoms with van der Waals surface area (Å²) in [7, 11) is 3.91. The highest BCUT2D eigenvalue weighted by Gasteiger charge is 2.31. The van der Waals surface area contributed by atoms with Crippen molar-refractivity contribution in [3.8, 4) is 0 Å². The summed E-state index contributed by atoms with van der Waals surface area (Å²) in [5, 5.41) is 17.5. The first-order valence-corrected chi connectivity index (χ1v) is 6.56. The zero-order valence-corrected chi connectivity index (χ0v) is 12.8. The zero-order valence-electron chi connectivity index (χ0n) is 12.8. The summed E-state index contributed by atoms with van der Waals surface area (Å²) in [5.74, 6) is 0. The number of ether oxygens (including phenoxy) is 2. The zero-order chi connectivity index (χ0) is 14.6. The minimum absolute atomic E-state index is 0.00000850. The van der Waals surface area contributed by atoms with Crippen LogP contribution in [0.3, 0.4) is 0 Å². The van der Waals surface area contributed by atoms with E-state index in [0.717, 1.165) is 0 Å². The van der Waals surface area contributed by atoms with E-state index in [-0.39, 0.29) is 19.3 Å². The maximum absolute atomic E-state index is 8.77. The van der Waals surface area contributed by atoms with Crippen LogP contribution in [-0.4, -0.2) is 73.9 Å². The second-order valence-electron chi connectivity index (χ2n) is 4.52. The topological polar surface area (TPSA) is 62.2 Å². The number of likely N-dealkylation sites (N-methyl/N-ethyl adjacent to an activating group) is 1. The molecule has 0 fully saturated rings. The van der Waals surface area contributed by atoms with Crippen molar-refractivity contribution in [1.29, 1.82) is 0 Å². The molecule has 0 rings (SSSR count). The molecule has 0 heterocycles. The summed E-state index contributed by atoms with van der Waals surface area (Å²) in [6.07, 6.45) is -0.138. The Morgan fingerprint density at radius 1 is 1.06 bits per heavy atom. The normalized spacial score (nSPS) is 13.2. The van der Waals surface area contributed by atoms with Gasteiger partial charge in [0.15, 0.2) is 0 Å². The van der Waals surface area contributed by atoms with Gasteiger partial charge in [0.2, 0.25) is 0 Å². The molecule has 0 aromatic rings. The molecule has 0 amide bonds. The minimum atomic E-state index is -0.484. The van der Waals surface area contributed by atoms with Crippen molar-refractivity contribution in [2.24, 2.45) is 0 Å². The lowest BCUT2D eigenvalue weighted by molar-refractivity contribution is -0.140. The van der Waals surface area contributed by atoms with Gasteiger partial charge in [-0.05, 0) is 27.9 Å². The Kier molecular flexibility index (Phi) is 13.3. The Morgan fingerprint density at radius 3 is 1.94 bits per heavy atom. The number of nitrogens with zero attached hydrogens (tertiary/aromatic N) is 1. The average molecular weight is 265 g/mol. The molecular weight excluding hydrogens is 234 g/mol. The highest BCUT2D eigenvalue weighted by molar-refractivity contribution is 4.82. The van der Waals surface area contributed by atoms with Crippen molar-refractivity contribution in [1.82, 2.24) is 4.90 Å². The lowest BCUT2D eigenvalue weighted by Crippen LogP contribution is -2.47. The number of hydrogen-bond acceptors (Lipinski definition) is 5. The van der Waals surface area contributed by atoms with E-state index in [1.54, 1.807) is 0 Å². The second kappa shape index (κ2) is 11.9. The molecule has 2 N–H and O–H groups in total. The largest absolute Gasteiger partial charge is 0.394 e. The standard InChI is InChI=1S/C11H25NO4.C2H6/c1-11(2,16-8-6-14)10(9-12(3)4)15-7-5-13;1-2/h10,13-14H,5-9H2,1-4H3;1-2H3. The summed E-state index contributed by atoms with van der Waals surface area (Å²) in [4.78, 5) is 2.01. The Morgan fingerprint density at radius 2 is 1.56 bits per heavy atom. The second-order valence-corrected chi connectivity index (χ2v) is 4.52. The van der Waals surface area contributed by atoms with Gasteiger partial charge in [0, 0.05) is 6.54 Å². The molecule has 18 heavy (non-hydrogen) atoms. The van der Waals surface area contributed by atoms with Gasteiger partial charge in [0.05, 0.1) is 38.1 Å². The summed E-state index contributed by atoms with van der Waals surface area (Å²) in [6.45, 7) is 9.14. The Bertz CT molecular complexity index is 174. The summed E-state index contributed by atoms with van der Waals surface area (Å²) >= 11 is 0. The van der Waals surface area contributed by atoms with Gasteiger partial charge >= 0.3 is 0 Å². The van der Waals surface area contributed by atoms with Gasteiger partial charge in [-0.3, -0.25) is 0 Å². The Hall–Kier alpha value is -0.200. The van der Waals surface area contributed by atoms with Gasteiger partial charge in [0.1, 0.15) is 0 Å². The minimum Gasteiger partial charge on any atom is -0.394 e. The van der Waals surface area contributed by atoms with E-state index >= 15 is 0 Å². The van der Waals surface area contributed by atoms with E-state index in [0.29, 0.717) is 19.8 Å². The molecule has 0 saturated carbocycles. The van der Waals surface area contributed by atoms with E-state index < -0.39 is 5.60 Å². The quantitative estimate of drug-likeness (QED) is 0.644. The molecule has 0 aromatic carbocycles. The van der Waals surface area contributed by atoms with E-state index in [4.69, 9.17) is 19.7 Å². The molecule has 0 aliphatic heterocycles. The first-order chi connectivity index (χ1) is 8.44. The lowest BCUT2D eigenvalue weighted by Gasteiger charge is -2.35. The average Bonchev–Trinajstić information content (AvgIpc) is 2.34. The predicted octanol–water partition coefficient (Wildman–Crippen LogP) is 0.739. The fourth-order valence-corrected chi connectivity index (χ4v) is 1.40. The first-order valence-electron chi connectivity index (χ1n) is 6.56. The number of rotatable bonds is 9. The molecule has 1 unspecified atom stereocenters. The summed E-state index contributed by atoms with van der Waals surface area (Å²) < 4.78 is 11.1. The van der Waals surface area contributed by atoms with Gasteiger partial charge in [-0.25, -0.2) is 0 Å². The molecular formula is C13H31NO4. The van der Waals surface area contributed by atoms with Crippen LogP contribution in [0.15, 0.2) is 0 Å². The lowest BCUT2D eigenvalue weighted by atomic mass is 10.0. The molecule has 0 aromatic heterocycles. The molecule has 1 atom stereocenters. The molecule has 0 radical (unpaired) electrons. The molecule has 0 bridgehead atoms. The van der Waals surface area contributed by atoms with Crippen LogP contribution in [0.2, 0.25) is 0 Å². The maximum atomic E-state index is 8.77. The number of aliphatic hydroxyl groups excluding tert-OH is 2. The van der Waals surface area contributed by atoms with Crippen molar-refractivity contribution in [2.45, 2.75) is 39.4 Å². The number of hydrogen-bond donors (Lipinski definition) is 2. The van der Waals surface area contributed by atoms with Crippen LogP contribution in [0.25, 0.3) is 0 Å². The smallest absolute Gasteiger partial charge is 0.0986 e. The third-order valence-corrected chi connectivity index (χ3v) is 2.28. The molecule has 0 aliphatic rings. The van der Waals surface area contributed by atoms with Crippen LogP contribution in [0.4, 0.5) is 0 Å². The van der Waals surface area contributed by atoms with Gasteiger partial charge in [0.25, 0.3) is 0 Å². The summed E-state index contributed by atoms with van der Waals surface area (Å²) in [6, 6.07) is 0. The maximum Gasteiger partial charge on any atom is 0.0986 e. The van der Waals surface area contributed by atoms with Gasteiger partial charge in [-0.1, -0.05) is 13.8 Å². The van der Waals surface area contributed by atoms with Crippen LogP contribution < -0.4 is 0 Å². The van der Waals surface area contributed by atoms with Crippen LogP contribution in [-0.2, 0) is 9.47 Å². The summed E-state index contributed by atoms with van der Waals surface area (Å²) in [5.41, 5.74) is -0.484. The molecule has 0 spiro atoms.